The van der Waals surface area contributed by atoms with Crippen LogP contribution in [0.25, 0.3) is 0 Å². The van der Waals surface area contributed by atoms with E-state index in [0.717, 1.165) is 32.1 Å². The fourth-order valence-corrected chi connectivity index (χ4v) is 2.98. The van der Waals surface area contributed by atoms with E-state index in [0.29, 0.717) is 12.3 Å². The van der Waals surface area contributed by atoms with Crippen LogP contribution in [-0.4, -0.2) is 59.9 Å². The lowest BCUT2D eigenvalue weighted by Crippen LogP contribution is -2.49. The van der Waals surface area contributed by atoms with Gasteiger partial charge in [-0.3, -0.25) is 9.69 Å². The predicted octanol–water partition coefficient (Wildman–Crippen LogP) is 1.93. The SMILES string of the molecule is CCC(=O)N1CCN(CCSCC(C)C)CC1. The highest BCUT2D eigenvalue weighted by Gasteiger charge is 2.19. The lowest BCUT2D eigenvalue weighted by molar-refractivity contribution is -0.132. The molecule has 1 rings (SSSR count). The van der Waals surface area contributed by atoms with E-state index >= 15 is 0 Å². The molecule has 0 aromatic rings. The van der Waals surface area contributed by atoms with Crippen molar-refractivity contribution in [2.24, 2.45) is 5.92 Å². The molecular weight excluding hydrogens is 232 g/mol. The Morgan fingerprint density at radius 1 is 1.24 bits per heavy atom. The third-order valence-electron chi connectivity index (χ3n) is 3.03. The molecule has 0 unspecified atom stereocenters. The van der Waals surface area contributed by atoms with Crippen molar-refractivity contribution in [2.45, 2.75) is 27.2 Å². The third-order valence-corrected chi connectivity index (χ3v) is 4.40. The minimum atomic E-state index is 0.304. The van der Waals surface area contributed by atoms with Crippen molar-refractivity contribution in [3.8, 4) is 0 Å². The van der Waals surface area contributed by atoms with Gasteiger partial charge in [-0.1, -0.05) is 20.8 Å². The zero-order valence-corrected chi connectivity index (χ0v) is 12.3. The van der Waals surface area contributed by atoms with Crippen LogP contribution in [0.15, 0.2) is 0 Å². The summed E-state index contributed by atoms with van der Waals surface area (Å²) in [5.41, 5.74) is 0. The topological polar surface area (TPSA) is 23.6 Å². The summed E-state index contributed by atoms with van der Waals surface area (Å²) in [6, 6.07) is 0. The first kappa shape index (κ1) is 14.8. The zero-order chi connectivity index (χ0) is 12.7. The first-order valence-corrected chi connectivity index (χ1v) is 7.86. The van der Waals surface area contributed by atoms with E-state index in [1.165, 1.54) is 18.1 Å². The van der Waals surface area contributed by atoms with Crippen LogP contribution in [-0.2, 0) is 4.79 Å². The van der Waals surface area contributed by atoms with Crippen LogP contribution in [0.3, 0.4) is 0 Å². The Bertz CT molecular complexity index is 225. The number of carbonyl (C=O) groups excluding carboxylic acids is 1. The van der Waals surface area contributed by atoms with Crippen LogP contribution < -0.4 is 0 Å². The van der Waals surface area contributed by atoms with Crippen molar-refractivity contribution in [3.63, 3.8) is 0 Å². The van der Waals surface area contributed by atoms with Gasteiger partial charge in [0.25, 0.3) is 0 Å². The molecule has 1 fully saturated rings. The second kappa shape index (κ2) is 7.98. The first-order chi connectivity index (χ1) is 8.13. The lowest BCUT2D eigenvalue weighted by Gasteiger charge is -2.34. The average Bonchev–Trinajstić information content (AvgIpc) is 2.34. The average molecular weight is 258 g/mol. The molecule has 0 bridgehead atoms. The van der Waals surface area contributed by atoms with Crippen LogP contribution in [0.4, 0.5) is 0 Å². The Labute approximate surface area is 110 Å². The van der Waals surface area contributed by atoms with E-state index < -0.39 is 0 Å². The molecule has 3 nitrogen and oxygen atoms in total. The summed E-state index contributed by atoms with van der Waals surface area (Å²) in [6.45, 7) is 11.6. The summed E-state index contributed by atoms with van der Waals surface area (Å²) in [5.74, 6) is 3.58. The van der Waals surface area contributed by atoms with Gasteiger partial charge in [0.2, 0.25) is 5.91 Å². The molecule has 100 valence electrons. The fraction of sp³-hybridized carbons (Fsp3) is 0.923. The maximum atomic E-state index is 11.5. The standard InChI is InChI=1S/C13H26N2OS/c1-4-13(16)15-7-5-14(6-8-15)9-10-17-11-12(2)3/h12H,4-11H2,1-3H3. The Balaban J connectivity index is 2.09. The van der Waals surface area contributed by atoms with E-state index in [4.69, 9.17) is 0 Å². The van der Waals surface area contributed by atoms with E-state index in [9.17, 15) is 4.79 Å². The number of nitrogens with zero attached hydrogens (tertiary/aromatic N) is 2. The quantitative estimate of drug-likeness (QED) is 0.680. The largest absolute Gasteiger partial charge is 0.340 e. The number of carbonyl (C=O) groups is 1. The highest BCUT2D eigenvalue weighted by molar-refractivity contribution is 7.99. The molecule has 0 atom stereocenters. The Kier molecular flexibility index (Phi) is 6.97. The molecule has 17 heavy (non-hydrogen) atoms. The zero-order valence-electron chi connectivity index (χ0n) is 11.4. The van der Waals surface area contributed by atoms with Gasteiger partial charge in [-0.25, -0.2) is 0 Å². The summed E-state index contributed by atoms with van der Waals surface area (Å²) >= 11 is 2.04. The number of thioether (sulfide) groups is 1. The Hall–Kier alpha value is -0.220. The maximum Gasteiger partial charge on any atom is 0.222 e. The molecular formula is C13H26N2OS. The van der Waals surface area contributed by atoms with Crippen LogP contribution in [0, 0.1) is 5.92 Å². The molecule has 1 heterocycles. The van der Waals surface area contributed by atoms with Crippen molar-refractivity contribution in [1.29, 1.82) is 0 Å². The van der Waals surface area contributed by atoms with Gasteiger partial charge in [-0.15, -0.1) is 0 Å². The van der Waals surface area contributed by atoms with Crippen molar-refractivity contribution >= 4 is 17.7 Å². The number of piperazine rings is 1. The molecule has 1 amide bonds. The number of hydrogen-bond donors (Lipinski definition) is 0. The molecule has 1 saturated heterocycles. The first-order valence-electron chi connectivity index (χ1n) is 6.71. The highest BCUT2D eigenvalue weighted by Crippen LogP contribution is 2.09. The maximum absolute atomic E-state index is 11.5. The molecule has 0 spiro atoms. The van der Waals surface area contributed by atoms with Gasteiger partial charge in [0.15, 0.2) is 0 Å². The second-order valence-corrected chi connectivity index (χ2v) is 6.19. The van der Waals surface area contributed by atoms with E-state index in [2.05, 4.69) is 18.7 Å². The van der Waals surface area contributed by atoms with Crippen molar-refractivity contribution < 1.29 is 4.79 Å². The van der Waals surface area contributed by atoms with Gasteiger partial charge in [0, 0.05) is 44.9 Å². The normalized spacial score (nSPS) is 17.8. The van der Waals surface area contributed by atoms with Gasteiger partial charge >= 0.3 is 0 Å². The Morgan fingerprint density at radius 3 is 2.41 bits per heavy atom. The summed E-state index contributed by atoms with van der Waals surface area (Å²) in [7, 11) is 0. The van der Waals surface area contributed by atoms with Crippen LogP contribution in [0.1, 0.15) is 27.2 Å². The van der Waals surface area contributed by atoms with E-state index in [1.54, 1.807) is 0 Å². The fourth-order valence-electron chi connectivity index (χ4n) is 1.96. The summed E-state index contributed by atoms with van der Waals surface area (Å²) in [6.07, 6.45) is 0.643. The Morgan fingerprint density at radius 2 is 1.88 bits per heavy atom. The van der Waals surface area contributed by atoms with Crippen molar-refractivity contribution in [2.75, 3.05) is 44.2 Å². The minimum absolute atomic E-state index is 0.304. The number of amides is 1. The molecule has 1 aliphatic heterocycles. The van der Waals surface area contributed by atoms with Crippen LogP contribution in [0.5, 0.6) is 0 Å². The van der Waals surface area contributed by atoms with E-state index in [1.807, 2.05) is 23.6 Å². The van der Waals surface area contributed by atoms with Crippen LogP contribution >= 0.6 is 11.8 Å². The monoisotopic (exact) mass is 258 g/mol. The molecule has 4 heteroatoms. The summed E-state index contributed by atoms with van der Waals surface area (Å²) in [4.78, 5) is 16.0. The smallest absolute Gasteiger partial charge is 0.222 e. The second-order valence-electron chi connectivity index (χ2n) is 5.04. The van der Waals surface area contributed by atoms with Crippen molar-refractivity contribution in [3.05, 3.63) is 0 Å². The predicted molar refractivity (Wildman–Crippen MR) is 75.5 cm³/mol. The van der Waals surface area contributed by atoms with Crippen molar-refractivity contribution in [1.82, 2.24) is 9.80 Å². The molecule has 1 aliphatic rings. The van der Waals surface area contributed by atoms with Gasteiger partial charge in [-0.05, 0) is 11.7 Å². The highest BCUT2D eigenvalue weighted by atomic mass is 32.2. The lowest BCUT2D eigenvalue weighted by atomic mass is 10.3. The third kappa shape index (κ3) is 5.77. The molecule has 0 aromatic heterocycles. The number of rotatable bonds is 6. The van der Waals surface area contributed by atoms with E-state index in [-0.39, 0.29) is 0 Å². The summed E-state index contributed by atoms with van der Waals surface area (Å²) in [5, 5.41) is 0. The van der Waals surface area contributed by atoms with Gasteiger partial charge in [-0.2, -0.15) is 11.8 Å². The molecule has 0 N–H and O–H groups in total. The minimum Gasteiger partial charge on any atom is -0.340 e. The summed E-state index contributed by atoms with van der Waals surface area (Å²) < 4.78 is 0. The van der Waals surface area contributed by atoms with Gasteiger partial charge in [0.1, 0.15) is 0 Å². The number of hydrogen-bond acceptors (Lipinski definition) is 3. The molecule has 0 radical (unpaired) electrons. The van der Waals surface area contributed by atoms with Gasteiger partial charge in [0.05, 0.1) is 0 Å². The van der Waals surface area contributed by atoms with Crippen LogP contribution in [0.2, 0.25) is 0 Å². The van der Waals surface area contributed by atoms with Gasteiger partial charge < -0.3 is 4.90 Å². The molecule has 0 aliphatic carbocycles. The molecule has 0 aromatic carbocycles. The molecule has 0 saturated carbocycles.